The van der Waals surface area contributed by atoms with E-state index in [4.69, 9.17) is 0 Å². The first-order valence-corrected chi connectivity index (χ1v) is 11.2. The first kappa shape index (κ1) is 18.6. The van der Waals surface area contributed by atoms with Crippen LogP contribution in [0.1, 0.15) is 22.0 Å². The molecule has 2 aromatic carbocycles. The van der Waals surface area contributed by atoms with E-state index in [0.717, 1.165) is 15.3 Å². The van der Waals surface area contributed by atoms with E-state index in [0.29, 0.717) is 29.7 Å². The van der Waals surface area contributed by atoms with Crippen molar-refractivity contribution in [1.82, 2.24) is 15.0 Å². The molecular weight excluding hydrogens is 397 g/mol. The van der Waals surface area contributed by atoms with Gasteiger partial charge in [-0.05, 0) is 29.8 Å². The van der Waals surface area contributed by atoms with Crippen molar-refractivity contribution in [2.75, 3.05) is 6.26 Å². The minimum absolute atomic E-state index is 0.258. The monoisotopic (exact) mass is 413 g/mol. The molecular formula is C20H16FN3O2S2. The summed E-state index contributed by atoms with van der Waals surface area (Å²) in [5, 5.41) is 0.740. The average molecular weight is 413 g/mol. The van der Waals surface area contributed by atoms with Crippen LogP contribution in [-0.4, -0.2) is 29.6 Å². The maximum atomic E-state index is 13.9. The van der Waals surface area contributed by atoms with E-state index in [1.807, 2.05) is 30.3 Å². The SMILES string of the molecule is CS(=O)(=O)c1ccc2nc(Cc3cc(Cc4ccccc4)nc(F)n3)sc2c1. The molecule has 2 aromatic heterocycles. The topological polar surface area (TPSA) is 72.8 Å². The molecule has 8 heteroatoms. The first-order chi connectivity index (χ1) is 13.4. The molecule has 0 bridgehead atoms. The van der Waals surface area contributed by atoms with Gasteiger partial charge < -0.3 is 0 Å². The van der Waals surface area contributed by atoms with Crippen molar-refractivity contribution >= 4 is 31.4 Å². The molecule has 4 rings (SSSR count). The number of sulfone groups is 1. The zero-order valence-electron chi connectivity index (χ0n) is 15.0. The molecule has 0 aliphatic heterocycles. The van der Waals surface area contributed by atoms with Gasteiger partial charge in [0.25, 0.3) is 0 Å². The molecule has 0 radical (unpaired) electrons. The number of hydrogen-bond acceptors (Lipinski definition) is 6. The van der Waals surface area contributed by atoms with Crippen LogP contribution in [-0.2, 0) is 22.7 Å². The number of fused-ring (bicyclic) bond motifs is 1. The van der Waals surface area contributed by atoms with Gasteiger partial charge in [-0.15, -0.1) is 11.3 Å². The van der Waals surface area contributed by atoms with Crippen LogP contribution in [0.25, 0.3) is 10.2 Å². The molecule has 2 heterocycles. The summed E-state index contributed by atoms with van der Waals surface area (Å²) in [7, 11) is -3.28. The van der Waals surface area contributed by atoms with Gasteiger partial charge in [0.1, 0.15) is 0 Å². The highest BCUT2D eigenvalue weighted by molar-refractivity contribution is 7.90. The first-order valence-electron chi connectivity index (χ1n) is 8.52. The predicted octanol–water partition coefficient (Wildman–Crippen LogP) is 3.81. The predicted molar refractivity (Wildman–Crippen MR) is 107 cm³/mol. The van der Waals surface area contributed by atoms with Gasteiger partial charge >= 0.3 is 6.08 Å². The van der Waals surface area contributed by atoms with Gasteiger partial charge in [0.15, 0.2) is 9.84 Å². The van der Waals surface area contributed by atoms with Gasteiger partial charge in [0.05, 0.1) is 31.5 Å². The maximum Gasteiger partial charge on any atom is 0.309 e. The summed E-state index contributed by atoms with van der Waals surface area (Å²) in [6.07, 6.45) is 1.29. The highest BCUT2D eigenvalue weighted by atomic mass is 32.2. The van der Waals surface area contributed by atoms with Crippen LogP contribution in [0.4, 0.5) is 4.39 Å². The van der Waals surface area contributed by atoms with Crippen molar-refractivity contribution in [2.45, 2.75) is 17.7 Å². The third kappa shape index (κ3) is 4.23. The van der Waals surface area contributed by atoms with E-state index >= 15 is 0 Å². The van der Waals surface area contributed by atoms with Crippen LogP contribution < -0.4 is 0 Å². The lowest BCUT2D eigenvalue weighted by molar-refractivity contribution is 0.527. The lowest BCUT2D eigenvalue weighted by atomic mass is 10.1. The van der Waals surface area contributed by atoms with Crippen LogP contribution in [0.15, 0.2) is 59.5 Å². The fraction of sp³-hybridized carbons (Fsp3) is 0.150. The molecule has 0 aliphatic rings. The molecule has 0 fully saturated rings. The Morgan fingerprint density at radius 1 is 0.929 bits per heavy atom. The number of benzene rings is 2. The lowest BCUT2D eigenvalue weighted by Crippen LogP contribution is -2.02. The number of aromatic nitrogens is 3. The highest BCUT2D eigenvalue weighted by Crippen LogP contribution is 2.26. The largest absolute Gasteiger partial charge is 0.309 e. The molecule has 4 aromatic rings. The van der Waals surface area contributed by atoms with E-state index < -0.39 is 15.9 Å². The van der Waals surface area contributed by atoms with Crippen molar-refractivity contribution in [1.29, 1.82) is 0 Å². The Morgan fingerprint density at radius 2 is 1.64 bits per heavy atom. The summed E-state index contributed by atoms with van der Waals surface area (Å²) in [6.45, 7) is 0. The molecule has 0 saturated carbocycles. The molecule has 5 nitrogen and oxygen atoms in total. The highest BCUT2D eigenvalue weighted by Gasteiger charge is 2.13. The Hall–Kier alpha value is -2.71. The molecule has 0 N–H and O–H groups in total. The number of thiazole rings is 1. The van der Waals surface area contributed by atoms with Crippen molar-refractivity contribution < 1.29 is 12.8 Å². The number of hydrogen-bond donors (Lipinski definition) is 0. The van der Waals surface area contributed by atoms with Crippen molar-refractivity contribution in [3.8, 4) is 0 Å². The van der Waals surface area contributed by atoms with Crippen LogP contribution in [0, 0.1) is 6.08 Å². The second kappa shape index (κ2) is 7.37. The smallest absolute Gasteiger partial charge is 0.241 e. The Labute approximate surface area is 165 Å². The molecule has 0 unspecified atom stereocenters. The fourth-order valence-corrected chi connectivity index (χ4v) is 4.66. The van der Waals surface area contributed by atoms with Crippen molar-refractivity contribution in [2.24, 2.45) is 0 Å². The van der Waals surface area contributed by atoms with E-state index in [1.165, 1.54) is 17.6 Å². The van der Waals surface area contributed by atoms with Gasteiger partial charge in [-0.3, -0.25) is 0 Å². The van der Waals surface area contributed by atoms with Gasteiger partial charge in [0.2, 0.25) is 0 Å². The summed E-state index contributed by atoms with van der Waals surface area (Å²) in [6, 6.07) is 16.4. The van der Waals surface area contributed by atoms with Crippen molar-refractivity contribution in [3.63, 3.8) is 0 Å². The minimum atomic E-state index is -3.28. The summed E-state index contributed by atoms with van der Waals surface area (Å²) >= 11 is 1.38. The Bertz CT molecular complexity index is 1260. The van der Waals surface area contributed by atoms with Gasteiger partial charge in [-0.25, -0.2) is 23.4 Å². The van der Waals surface area contributed by atoms with Crippen molar-refractivity contribution in [3.05, 3.63) is 82.6 Å². The summed E-state index contributed by atoms with van der Waals surface area (Å²) in [5.41, 5.74) is 2.90. The zero-order chi connectivity index (χ0) is 19.7. The normalized spacial score (nSPS) is 11.8. The van der Waals surface area contributed by atoms with E-state index in [-0.39, 0.29) is 4.90 Å². The molecule has 0 aliphatic carbocycles. The zero-order valence-corrected chi connectivity index (χ0v) is 16.6. The quantitative estimate of drug-likeness (QED) is 0.465. The second-order valence-electron chi connectivity index (χ2n) is 6.47. The third-order valence-electron chi connectivity index (χ3n) is 4.20. The van der Waals surface area contributed by atoms with Crippen LogP contribution >= 0.6 is 11.3 Å². The molecule has 0 spiro atoms. The molecule has 0 atom stereocenters. The molecule has 0 amide bonds. The number of nitrogens with zero attached hydrogens (tertiary/aromatic N) is 3. The number of rotatable bonds is 5. The van der Waals surface area contributed by atoms with Crippen LogP contribution in [0.3, 0.4) is 0 Å². The summed E-state index contributed by atoms with van der Waals surface area (Å²) in [5.74, 6) is 0. The molecule has 28 heavy (non-hydrogen) atoms. The molecule has 0 saturated heterocycles. The van der Waals surface area contributed by atoms with Crippen LogP contribution in [0.2, 0.25) is 0 Å². The summed E-state index contributed by atoms with van der Waals surface area (Å²) in [4.78, 5) is 12.6. The third-order valence-corrected chi connectivity index (χ3v) is 6.33. The fourth-order valence-electron chi connectivity index (χ4n) is 2.92. The maximum absolute atomic E-state index is 13.9. The van der Waals surface area contributed by atoms with Gasteiger partial charge in [-0.1, -0.05) is 30.3 Å². The van der Waals surface area contributed by atoms with Crippen LogP contribution in [0.5, 0.6) is 0 Å². The lowest BCUT2D eigenvalue weighted by Gasteiger charge is -2.04. The Kier molecular flexibility index (Phi) is 4.91. The number of halogens is 1. The van der Waals surface area contributed by atoms with E-state index in [9.17, 15) is 12.8 Å². The standard InChI is InChI=1S/C20H16FN3O2S2/c1-28(25,26)16-7-8-17-18(12-16)27-19(24-17)11-15-10-14(22-20(21)23-15)9-13-5-3-2-4-6-13/h2-8,10,12H,9,11H2,1H3. The van der Waals surface area contributed by atoms with E-state index in [1.54, 1.807) is 24.3 Å². The van der Waals surface area contributed by atoms with E-state index in [2.05, 4.69) is 15.0 Å². The molecule has 142 valence electrons. The van der Waals surface area contributed by atoms with Gasteiger partial charge in [0, 0.05) is 19.1 Å². The summed E-state index contributed by atoms with van der Waals surface area (Å²) < 4.78 is 38.1. The second-order valence-corrected chi connectivity index (χ2v) is 9.60. The Balaban J connectivity index is 1.61. The Morgan fingerprint density at radius 3 is 2.36 bits per heavy atom. The minimum Gasteiger partial charge on any atom is -0.241 e. The average Bonchev–Trinajstić information content (AvgIpc) is 3.02. The van der Waals surface area contributed by atoms with Gasteiger partial charge in [-0.2, -0.15) is 4.39 Å².